The summed E-state index contributed by atoms with van der Waals surface area (Å²) >= 11 is 10.5. The number of hydrogen-bond donors (Lipinski definition) is 1. The summed E-state index contributed by atoms with van der Waals surface area (Å²) in [5, 5.41) is 13.1. The van der Waals surface area contributed by atoms with Crippen LogP contribution in [-0.2, 0) is 6.54 Å². The highest BCUT2D eigenvalue weighted by Crippen LogP contribution is 2.23. The standard InChI is InChI=1S/C11H7BrClN3S/c12-8-1-2-9(7(3-8)4-14)15-6-11-16-5-10(13)17-11/h1-3,5,15H,6H2. The molecule has 1 aromatic carbocycles. The fourth-order valence-electron chi connectivity index (χ4n) is 1.30. The molecule has 0 aliphatic rings. The molecule has 0 fully saturated rings. The largest absolute Gasteiger partial charge is 0.377 e. The third-order valence-corrected chi connectivity index (χ3v) is 3.67. The van der Waals surface area contributed by atoms with Gasteiger partial charge in [0.25, 0.3) is 0 Å². The topological polar surface area (TPSA) is 48.7 Å². The molecule has 1 N–H and O–H groups in total. The first kappa shape index (κ1) is 12.4. The van der Waals surface area contributed by atoms with E-state index in [1.54, 1.807) is 12.3 Å². The summed E-state index contributed by atoms with van der Waals surface area (Å²) in [6.45, 7) is 0.563. The second-order valence-electron chi connectivity index (χ2n) is 3.21. The molecule has 0 atom stereocenters. The number of nitrogens with one attached hydrogen (secondary N) is 1. The number of benzene rings is 1. The molecular weight excluding hydrogens is 322 g/mol. The Hall–Kier alpha value is -1.09. The molecule has 1 heterocycles. The quantitative estimate of drug-likeness (QED) is 0.925. The Morgan fingerprint density at radius 2 is 2.35 bits per heavy atom. The van der Waals surface area contributed by atoms with Gasteiger partial charge in [0.2, 0.25) is 0 Å². The van der Waals surface area contributed by atoms with Gasteiger partial charge in [0.15, 0.2) is 0 Å². The van der Waals surface area contributed by atoms with E-state index in [0.717, 1.165) is 15.2 Å². The zero-order valence-electron chi connectivity index (χ0n) is 8.58. The minimum atomic E-state index is 0.563. The van der Waals surface area contributed by atoms with Crippen molar-refractivity contribution in [3.05, 3.63) is 43.8 Å². The van der Waals surface area contributed by atoms with E-state index in [0.29, 0.717) is 16.4 Å². The zero-order valence-corrected chi connectivity index (χ0v) is 11.7. The van der Waals surface area contributed by atoms with E-state index in [4.69, 9.17) is 16.9 Å². The van der Waals surface area contributed by atoms with Crippen LogP contribution >= 0.6 is 38.9 Å². The lowest BCUT2D eigenvalue weighted by Crippen LogP contribution is -2.00. The van der Waals surface area contributed by atoms with Crippen LogP contribution in [0.4, 0.5) is 5.69 Å². The van der Waals surface area contributed by atoms with Gasteiger partial charge < -0.3 is 5.32 Å². The van der Waals surface area contributed by atoms with Gasteiger partial charge in [-0.3, -0.25) is 0 Å². The Labute approximate surface area is 116 Å². The number of aromatic nitrogens is 1. The summed E-state index contributed by atoms with van der Waals surface area (Å²) in [4.78, 5) is 4.14. The van der Waals surface area contributed by atoms with Gasteiger partial charge >= 0.3 is 0 Å². The van der Waals surface area contributed by atoms with E-state index < -0.39 is 0 Å². The van der Waals surface area contributed by atoms with E-state index in [9.17, 15) is 0 Å². The molecule has 3 nitrogen and oxygen atoms in total. The third kappa shape index (κ3) is 3.19. The lowest BCUT2D eigenvalue weighted by Gasteiger charge is -2.06. The molecule has 0 spiro atoms. The number of nitrogens with zero attached hydrogens (tertiary/aromatic N) is 2. The van der Waals surface area contributed by atoms with Gasteiger partial charge in [-0.15, -0.1) is 11.3 Å². The van der Waals surface area contributed by atoms with E-state index in [2.05, 4.69) is 32.3 Å². The number of thiazole rings is 1. The Morgan fingerprint density at radius 1 is 1.53 bits per heavy atom. The first-order valence-electron chi connectivity index (χ1n) is 4.73. The number of halogens is 2. The molecule has 0 aliphatic heterocycles. The molecule has 86 valence electrons. The van der Waals surface area contributed by atoms with Crippen molar-refractivity contribution in [1.82, 2.24) is 4.98 Å². The summed E-state index contributed by atoms with van der Waals surface area (Å²) < 4.78 is 1.55. The maximum absolute atomic E-state index is 9.00. The SMILES string of the molecule is N#Cc1cc(Br)ccc1NCc1ncc(Cl)s1. The molecule has 1 aromatic heterocycles. The summed E-state index contributed by atoms with van der Waals surface area (Å²) in [7, 11) is 0. The lowest BCUT2D eigenvalue weighted by atomic mass is 10.2. The van der Waals surface area contributed by atoms with Crippen molar-refractivity contribution in [2.45, 2.75) is 6.54 Å². The molecule has 0 radical (unpaired) electrons. The maximum Gasteiger partial charge on any atom is 0.113 e. The van der Waals surface area contributed by atoms with Crippen molar-refractivity contribution in [3.63, 3.8) is 0 Å². The van der Waals surface area contributed by atoms with Gasteiger partial charge in [0.1, 0.15) is 15.4 Å². The molecular formula is C11H7BrClN3S. The van der Waals surface area contributed by atoms with E-state index in [1.165, 1.54) is 11.3 Å². The molecule has 6 heteroatoms. The first-order chi connectivity index (χ1) is 8.19. The van der Waals surface area contributed by atoms with Crippen molar-refractivity contribution < 1.29 is 0 Å². The summed E-state index contributed by atoms with van der Waals surface area (Å²) in [5.41, 5.74) is 1.39. The molecule has 0 saturated carbocycles. The van der Waals surface area contributed by atoms with E-state index in [1.807, 2.05) is 12.1 Å². The van der Waals surface area contributed by atoms with Gasteiger partial charge in [-0.1, -0.05) is 27.5 Å². The van der Waals surface area contributed by atoms with Crippen molar-refractivity contribution in [1.29, 1.82) is 5.26 Å². The Balaban J connectivity index is 2.12. The number of rotatable bonds is 3. The van der Waals surface area contributed by atoms with Gasteiger partial charge in [-0.25, -0.2) is 4.98 Å². The predicted octanol–water partition coefficient (Wildman–Crippen LogP) is 4.04. The highest BCUT2D eigenvalue weighted by Gasteiger charge is 2.04. The average molecular weight is 329 g/mol. The minimum Gasteiger partial charge on any atom is -0.377 e. The number of anilines is 1. The normalized spacial score (nSPS) is 9.94. The molecule has 0 amide bonds. The smallest absolute Gasteiger partial charge is 0.113 e. The van der Waals surface area contributed by atoms with E-state index >= 15 is 0 Å². The Morgan fingerprint density at radius 3 is 3.00 bits per heavy atom. The molecule has 17 heavy (non-hydrogen) atoms. The monoisotopic (exact) mass is 327 g/mol. The third-order valence-electron chi connectivity index (χ3n) is 2.06. The van der Waals surface area contributed by atoms with Gasteiger partial charge in [-0.05, 0) is 18.2 Å². The molecule has 0 aliphatic carbocycles. The fourth-order valence-corrected chi connectivity index (χ4v) is 2.56. The summed E-state index contributed by atoms with van der Waals surface area (Å²) in [6.07, 6.45) is 1.62. The zero-order chi connectivity index (χ0) is 12.3. The van der Waals surface area contributed by atoms with Crippen LogP contribution in [0, 0.1) is 11.3 Å². The van der Waals surface area contributed by atoms with Crippen LogP contribution in [-0.4, -0.2) is 4.98 Å². The van der Waals surface area contributed by atoms with Crippen LogP contribution in [0.15, 0.2) is 28.9 Å². The lowest BCUT2D eigenvalue weighted by molar-refractivity contribution is 1.10. The van der Waals surface area contributed by atoms with Crippen molar-refractivity contribution in [2.24, 2.45) is 0 Å². The van der Waals surface area contributed by atoms with Crippen LogP contribution in [0.25, 0.3) is 0 Å². The summed E-state index contributed by atoms with van der Waals surface area (Å²) in [6, 6.07) is 7.66. The maximum atomic E-state index is 9.00. The van der Waals surface area contributed by atoms with Crippen LogP contribution in [0.2, 0.25) is 4.34 Å². The summed E-state index contributed by atoms with van der Waals surface area (Å²) in [5.74, 6) is 0. The second-order valence-corrected chi connectivity index (χ2v) is 5.88. The van der Waals surface area contributed by atoms with Crippen LogP contribution in [0.1, 0.15) is 10.6 Å². The first-order valence-corrected chi connectivity index (χ1v) is 6.71. The second kappa shape index (κ2) is 5.50. The van der Waals surface area contributed by atoms with Crippen molar-refractivity contribution in [2.75, 3.05) is 5.32 Å². The molecule has 0 saturated heterocycles. The van der Waals surface area contributed by atoms with Gasteiger partial charge in [-0.2, -0.15) is 5.26 Å². The Bertz CT molecular complexity index is 576. The van der Waals surface area contributed by atoms with E-state index in [-0.39, 0.29) is 0 Å². The van der Waals surface area contributed by atoms with Gasteiger partial charge in [0, 0.05) is 4.47 Å². The van der Waals surface area contributed by atoms with Gasteiger partial charge in [0.05, 0.1) is 24.0 Å². The van der Waals surface area contributed by atoms with Crippen molar-refractivity contribution >= 4 is 44.6 Å². The number of nitriles is 1. The average Bonchev–Trinajstić information content (AvgIpc) is 2.73. The molecule has 2 rings (SSSR count). The molecule has 0 unspecified atom stereocenters. The highest BCUT2D eigenvalue weighted by molar-refractivity contribution is 9.10. The minimum absolute atomic E-state index is 0.563. The highest BCUT2D eigenvalue weighted by atomic mass is 79.9. The molecule has 0 bridgehead atoms. The molecule has 2 aromatic rings. The van der Waals surface area contributed by atoms with Crippen molar-refractivity contribution in [3.8, 4) is 6.07 Å². The predicted molar refractivity (Wildman–Crippen MR) is 73.3 cm³/mol. The van der Waals surface area contributed by atoms with Crippen LogP contribution < -0.4 is 5.32 Å². The fraction of sp³-hybridized carbons (Fsp3) is 0.0909. The number of hydrogen-bond acceptors (Lipinski definition) is 4. The Kier molecular flexibility index (Phi) is 4.00. The van der Waals surface area contributed by atoms with Crippen LogP contribution in [0.3, 0.4) is 0 Å². The van der Waals surface area contributed by atoms with Crippen LogP contribution in [0.5, 0.6) is 0 Å².